The standard InChI is InChI=1S/C12H14O4/c1-3-12(11(13)14)10(16-12)8-4-6-9(15-2)7-5-8/h4-7,10H,3H2,1-2H3,(H,13,14)/p-1. The highest BCUT2D eigenvalue weighted by molar-refractivity contribution is 5.80. The van der Waals surface area contributed by atoms with E-state index in [1.807, 2.05) is 12.1 Å². The molecule has 1 fully saturated rings. The van der Waals surface area contributed by atoms with Crippen molar-refractivity contribution in [1.29, 1.82) is 0 Å². The smallest absolute Gasteiger partial charge is 0.138 e. The van der Waals surface area contributed by atoms with Crippen LogP contribution in [0.25, 0.3) is 0 Å². The van der Waals surface area contributed by atoms with Crippen LogP contribution in [0.5, 0.6) is 5.75 Å². The summed E-state index contributed by atoms with van der Waals surface area (Å²) in [5.74, 6) is -0.407. The number of carbonyl (C=O) groups is 1. The third-order valence-corrected chi connectivity index (χ3v) is 2.98. The van der Waals surface area contributed by atoms with E-state index in [0.717, 1.165) is 11.3 Å². The van der Waals surface area contributed by atoms with E-state index < -0.39 is 17.7 Å². The van der Waals surface area contributed by atoms with Crippen LogP contribution in [0.15, 0.2) is 24.3 Å². The van der Waals surface area contributed by atoms with Crippen LogP contribution >= 0.6 is 0 Å². The molecule has 4 nitrogen and oxygen atoms in total. The van der Waals surface area contributed by atoms with Crippen LogP contribution in [0.3, 0.4) is 0 Å². The number of hydrogen-bond donors (Lipinski definition) is 0. The summed E-state index contributed by atoms with van der Waals surface area (Å²) in [6, 6.07) is 7.19. The molecule has 0 amide bonds. The average Bonchev–Trinajstić information content (AvgIpc) is 3.05. The average molecular weight is 221 g/mol. The third-order valence-electron chi connectivity index (χ3n) is 2.98. The van der Waals surface area contributed by atoms with E-state index in [-0.39, 0.29) is 0 Å². The molecule has 2 atom stereocenters. The Morgan fingerprint density at radius 3 is 2.50 bits per heavy atom. The van der Waals surface area contributed by atoms with Gasteiger partial charge in [0.2, 0.25) is 0 Å². The fraction of sp³-hybridized carbons (Fsp3) is 0.417. The second kappa shape index (κ2) is 3.79. The van der Waals surface area contributed by atoms with Crippen LogP contribution in [-0.2, 0) is 9.53 Å². The number of epoxide rings is 1. The summed E-state index contributed by atoms with van der Waals surface area (Å²) in [6.07, 6.45) is 0.0138. The largest absolute Gasteiger partial charge is 0.547 e. The van der Waals surface area contributed by atoms with Crippen molar-refractivity contribution in [3.05, 3.63) is 29.8 Å². The summed E-state index contributed by atoms with van der Waals surface area (Å²) < 4.78 is 10.3. The minimum atomic E-state index is -1.14. The van der Waals surface area contributed by atoms with Crippen LogP contribution in [0, 0.1) is 0 Å². The van der Waals surface area contributed by atoms with E-state index >= 15 is 0 Å². The summed E-state index contributed by atoms with van der Waals surface area (Å²) in [4.78, 5) is 11.0. The minimum absolute atomic E-state index is 0.395. The van der Waals surface area contributed by atoms with Gasteiger partial charge in [-0.25, -0.2) is 0 Å². The van der Waals surface area contributed by atoms with Crippen molar-refractivity contribution in [2.24, 2.45) is 0 Å². The molecule has 0 spiro atoms. The molecule has 0 radical (unpaired) electrons. The lowest BCUT2D eigenvalue weighted by Crippen LogP contribution is -2.38. The molecular formula is C12H13O4-. The molecule has 2 rings (SSSR count). The molecule has 0 aliphatic carbocycles. The van der Waals surface area contributed by atoms with Gasteiger partial charge >= 0.3 is 0 Å². The zero-order chi connectivity index (χ0) is 11.8. The number of carboxylic acids is 1. The second-order valence-corrected chi connectivity index (χ2v) is 3.80. The Labute approximate surface area is 93.8 Å². The third kappa shape index (κ3) is 1.55. The molecule has 1 heterocycles. The van der Waals surface area contributed by atoms with Gasteiger partial charge < -0.3 is 19.4 Å². The Hall–Kier alpha value is -1.55. The Morgan fingerprint density at radius 2 is 2.12 bits per heavy atom. The summed E-state index contributed by atoms with van der Waals surface area (Å²) in [5.41, 5.74) is -0.291. The van der Waals surface area contributed by atoms with Crippen molar-refractivity contribution in [1.82, 2.24) is 0 Å². The number of rotatable bonds is 4. The molecule has 0 N–H and O–H groups in total. The lowest BCUT2D eigenvalue weighted by atomic mass is 9.97. The summed E-state index contributed by atoms with van der Waals surface area (Å²) in [7, 11) is 1.58. The van der Waals surface area contributed by atoms with Crippen molar-refractivity contribution >= 4 is 5.97 Å². The molecule has 1 saturated heterocycles. The van der Waals surface area contributed by atoms with Gasteiger partial charge in [-0.05, 0) is 24.1 Å². The highest BCUT2D eigenvalue weighted by atomic mass is 16.6. The van der Waals surface area contributed by atoms with Crippen molar-refractivity contribution in [3.63, 3.8) is 0 Å². The molecule has 1 aliphatic heterocycles. The maximum Gasteiger partial charge on any atom is 0.138 e. The van der Waals surface area contributed by atoms with E-state index in [0.29, 0.717) is 6.42 Å². The quantitative estimate of drug-likeness (QED) is 0.701. The molecule has 0 bridgehead atoms. The Kier molecular flexibility index (Phi) is 2.59. The molecule has 16 heavy (non-hydrogen) atoms. The van der Waals surface area contributed by atoms with Gasteiger partial charge in [-0.2, -0.15) is 0 Å². The maximum absolute atomic E-state index is 11.0. The molecule has 1 aromatic carbocycles. The number of benzene rings is 1. The molecular weight excluding hydrogens is 208 g/mol. The highest BCUT2D eigenvalue weighted by Crippen LogP contribution is 2.51. The molecule has 0 aromatic heterocycles. The van der Waals surface area contributed by atoms with Crippen molar-refractivity contribution in [2.45, 2.75) is 25.0 Å². The highest BCUT2D eigenvalue weighted by Gasteiger charge is 2.57. The number of methoxy groups -OCH3 is 1. The molecule has 4 heteroatoms. The SMILES string of the molecule is CCC1(C(=O)[O-])OC1c1ccc(OC)cc1. The van der Waals surface area contributed by atoms with Gasteiger partial charge in [0.1, 0.15) is 17.5 Å². The van der Waals surface area contributed by atoms with Crippen molar-refractivity contribution < 1.29 is 19.4 Å². The Balaban J connectivity index is 2.18. The molecule has 1 aromatic rings. The van der Waals surface area contributed by atoms with Crippen LogP contribution in [0.4, 0.5) is 0 Å². The van der Waals surface area contributed by atoms with Crippen LogP contribution in [0.1, 0.15) is 25.0 Å². The number of ether oxygens (including phenoxy) is 2. The summed E-state index contributed by atoms with van der Waals surface area (Å²) in [6.45, 7) is 1.78. The zero-order valence-corrected chi connectivity index (χ0v) is 9.23. The lowest BCUT2D eigenvalue weighted by molar-refractivity contribution is -0.312. The fourth-order valence-electron chi connectivity index (χ4n) is 1.86. The van der Waals surface area contributed by atoms with E-state index in [1.54, 1.807) is 26.2 Å². The first kappa shape index (κ1) is 11.0. The minimum Gasteiger partial charge on any atom is -0.547 e. The predicted molar refractivity (Wildman–Crippen MR) is 54.8 cm³/mol. The maximum atomic E-state index is 11.0. The van der Waals surface area contributed by atoms with E-state index in [4.69, 9.17) is 9.47 Å². The summed E-state index contributed by atoms with van der Waals surface area (Å²) >= 11 is 0. The Morgan fingerprint density at radius 1 is 1.50 bits per heavy atom. The van der Waals surface area contributed by atoms with Gasteiger partial charge in [-0.15, -0.1) is 0 Å². The lowest BCUT2D eigenvalue weighted by Gasteiger charge is -2.11. The first-order valence-corrected chi connectivity index (χ1v) is 5.17. The van der Waals surface area contributed by atoms with E-state index in [1.165, 1.54) is 0 Å². The van der Waals surface area contributed by atoms with Gasteiger partial charge in [-0.3, -0.25) is 0 Å². The normalized spacial score (nSPS) is 27.5. The zero-order valence-electron chi connectivity index (χ0n) is 9.23. The topological polar surface area (TPSA) is 61.9 Å². The van der Waals surface area contributed by atoms with Crippen molar-refractivity contribution in [2.75, 3.05) is 7.11 Å². The number of carbonyl (C=O) groups excluding carboxylic acids is 1. The van der Waals surface area contributed by atoms with Gasteiger partial charge in [-0.1, -0.05) is 19.1 Å². The monoisotopic (exact) mass is 221 g/mol. The predicted octanol–water partition coefficient (Wildman–Crippen LogP) is 0.665. The first-order chi connectivity index (χ1) is 7.64. The fourth-order valence-corrected chi connectivity index (χ4v) is 1.86. The molecule has 86 valence electrons. The van der Waals surface area contributed by atoms with Gasteiger partial charge in [0.15, 0.2) is 0 Å². The number of hydrogen-bond acceptors (Lipinski definition) is 4. The second-order valence-electron chi connectivity index (χ2n) is 3.80. The van der Waals surface area contributed by atoms with E-state index in [2.05, 4.69) is 0 Å². The van der Waals surface area contributed by atoms with Crippen LogP contribution in [-0.4, -0.2) is 18.7 Å². The number of carboxylic acid groups (broad SMARTS) is 1. The first-order valence-electron chi connectivity index (χ1n) is 5.17. The van der Waals surface area contributed by atoms with Gasteiger partial charge in [0, 0.05) is 0 Å². The van der Waals surface area contributed by atoms with Gasteiger partial charge in [0.05, 0.1) is 13.1 Å². The van der Waals surface area contributed by atoms with Crippen LogP contribution in [0.2, 0.25) is 0 Å². The Bertz CT molecular complexity index is 398. The van der Waals surface area contributed by atoms with Crippen LogP contribution < -0.4 is 9.84 Å². The molecule has 2 unspecified atom stereocenters. The number of aliphatic carboxylic acids is 1. The van der Waals surface area contributed by atoms with Crippen molar-refractivity contribution in [3.8, 4) is 5.75 Å². The molecule has 1 aliphatic rings. The molecule has 0 saturated carbocycles. The summed E-state index contributed by atoms with van der Waals surface area (Å²) in [5, 5.41) is 11.0. The van der Waals surface area contributed by atoms with Gasteiger partial charge in [0.25, 0.3) is 0 Å². The van der Waals surface area contributed by atoms with E-state index in [9.17, 15) is 9.90 Å².